The van der Waals surface area contributed by atoms with Crippen molar-refractivity contribution < 1.29 is 17.6 Å². The summed E-state index contributed by atoms with van der Waals surface area (Å²) in [7, 11) is -3.54. The van der Waals surface area contributed by atoms with Gasteiger partial charge in [0.25, 0.3) is 0 Å². The third-order valence-electron chi connectivity index (χ3n) is 4.70. The average Bonchev–Trinajstić information content (AvgIpc) is 3.44. The first-order valence-electron chi connectivity index (χ1n) is 9.39. The van der Waals surface area contributed by atoms with Crippen LogP contribution in [0.5, 0.6) is 0 Å². The van der Waals surface area contributed by atoms with Crippen LogP contribution in [-0.2, 0) is 34.2 Å². The maximum Gasteiger partial charge on any atom is 0.229 e. The number of halogens is 1. The van der Waals surface area contributed by atoms with Crippen molar-refractivity contribution >= 4 is 21.6 Å². The number of hydrogen-bond donors (Lipinski definition) is 2. The van der Waals surface area contributed by atoms with E-state index in [0.29, 0.717) is 18.4 Å². The van der Waals surface area contributed by atoms with Gasteiger partial charge in [-0.15, -0.1) is 0 Å². The highest BCUT2D eigenvalue weighted by atomic mass is 32.2. The molecule has 2 aromatic rings. The van der Waals surface area contributed by atoms with Gasteiger partial charge in [-0.3, -0.25) is 9.52 Å². The quantitative estimate of drug-likeness (QED) is 0.673. The van der Waals surface area contributed by atoms with Crippen LogP contribution in [0.25, 0.3) is 0 Å². The van der Waals surface area contributed by atoms with Crippen LogP contribution < -0.4 is 10.0 Å². The number of aryl methyl sites for hydroxylation is 1. The summed E-state index contributed by atoms with van der Waals surface area (Å²) in [6.07, 6.45) is 5.79. The molecule has 0 unspecified atom stereocenters. The fourth-order valence-corrected chi connectivity index (χ4v) is 3.56. The molecule has 150 valence electrons. The van der Waals surface area contributed by atoms with Crippen molar-refractivity contribution in [3.8, 4) is 0 Å². The Kier molecular flexibility index (Phi) is 6.34. The molecular weight excluding hydrogens is 379 g/mol. The van der Waals surface area contributed by atoms with Crippen LogP contribution >= 0.6 is 0 Å². The first kappa shape index (κ1) is 20.3. The Bertz CT molecular complexity index is 939. The highest BCUT2D eigenvalue weighted by Gasteiger charge is 2.21. The number of carbonyl (C=O) groups excluding carboxylic acids is 1. The van der Waals surface area contributed by atoms with Crippen molar-refractivity contribution in [3.05, 3.63) is 65.0 Å². The first-order chi connectivity index (χ1) is 13.3. The van der Waals surface area contributed by atoms with Gasteiger partial charge in [0.1, 0.15) is 5.82 Å². The van der Waals surface area contributed by atoms with Gasteiger partial charge in [-0.05, 0) is 60.4 Å². The molecule has 2 aromatic carbocycles. The SMILES string of the molecule is CS(=O)(=O)Nc1ccc(CNC(=O)CCc2ccc(CC3CC3)cc2)cc1F. The molecule has 1 aliphatic rings. The Morgan fingerprint density at radius 2 is 1.71 bits per heavy atom. The summed E-state index contributed by atoms with van der Waals surface area (Å²) in [4.78, 5) is 12.1. The lowest BCUT2D eigenvalue weighted by molar-refractivity contribution is -0.121. The van der Waals surface area contributed by atoms with Gasteiger partial charge in [0.2, 0.25) is 15.9 Å². The third kappa shape index (κ3) is 6.64. The van der Waals surface area contributed by atoms with Gasteiger partial charge in [0.15, 0.2) is 0 Å². The van der Waals surface area contributed by atoms with Gasteiger partial charge in [-0.1, -0.05) is 30.3 Å². The molecule has 7 heteroatoms. The molecule has 0 bridgehead atoms. The Morgan fingerprint density at radius 1 is 1.07 bits per heavy atom. The van der Waals surface area contributed by atoms with Gasteiger partial charge in [-0.2, -0.15) is 0 Å². The molecule has 5 nitrogen and oxygen atoms in total. The smallest absolute Gasteiger partial charge is 0.229 e. The molecule has 0 spiro atoms. The van der Waals surface area contributed by atoms with Crippen LogP contribution in [0.1, 0.15) is 36.0 Å². The molecule has 28 heavy (non-hydrogen) atoms. The Labute approximate surface area is 165 Å². The van der Waals surface area contributed by atoms with E-state index < -0.39 is 15.8 Å². The maximum atomic E-state index is 14.0. The fourth-order valence-electron chi connectivity index (χ4n) is 3.00. The van der Waals surface area contributed by atoms with Crippen molar-refractivity contribution in [2.24, 2.45) is 5.92 Å². The number of sulfonamides is 1. The number of nitrogens with one attached hydrogen (secondary N) is 2. The second-order valence-corrected chi connectivity index (χ2v) is 9.18. The zero-order valence-electron chi connectivity index (χ0n) is 15.9. The van der Waals surface area contributed by atoms with Crippen molar-refractivity contribution in [2.45, 2.75) is 38.6 Å². The van der Waals surface area contributed by atoms with E-state index in [1.807, 2.05) is 0 Å². The van der Waals surface area contributed by atoms with Crippen LogP contribution in [-0.4, -0.2) is 20.6 Å². The van der Waals surface area contributed by atoms with E-state index in [9.17, 15) is 17.6 Å². The summed E-state index contributed by atoms with van der Waals surface area (Å²) < 4.78 is 38.4. The Hall–Kier alpha value is -2.41. The highest BCUT2D eigenvalue weighted by Crippen LogP contribution is 2.32. The van der Waals surface area contributed by atoms with Crippen LogP contribution in [0.3, 0.4) is 0 Å². The third-order valence-corrected chi connectivity index (χ3v) is 5.29. The van der Waals surface area contributed by atoms with Crippen molar-refractivity contribution in [3.63, 3.8) is 0 Å². The molecule has 0 aliphatic heterocycles. The molecule has 2 N–H and O–H groups in total. The highest BCUT2D eigenvalue weighted by molar-refractivity contribution is 7.92. The Morgan fingerprint density at radius 3 is 2.32 bits per heavy atom. The minimum Gasteiger partial charge on any atom is -0.352 e. The number of anilines is 1. The summed E-state index contributed by atoms with van der Waals surface area (Å²) in [5, 5.41) is 2.77. The number of carbonyl (C=O) groups is 1. The predicted octanol–water partition coefficient (Wildman–Crippen LogP) is 3.40. The molecular formula is C21H25FN2O3S. The molecule has 3 rings (SSSR count). The van der Waals surface area contributed by atoms with Gasteiger partial charge in [0, 0.05) is 13.0 Å². The minimum absolute atomic E-state index is 0.109. The number of amides is 1. The van der Waals surface area contributed by atoms with E-state index in [1.54, 1.807) is 6.07 Å². The molecule has 1 amide bonds. The van der Waals surface area contributed by atoms with Crippen LogP contribution in [0.2, 0.25) is 0 Å². The average molecular weight is 405 g/mol. The molecule has 0 saturated heterocycles. The summed E-state index contributed by atoms with van der Waals surface area (Å²) >= 11 is 0. The van der Waals surface area contributed by atoms with Gasteiger partial charge >= 0.3 is 0 Å². The van der Waals surface area contributed by atoms with Crippen molar-refractivity contribution in [1.82, 2.24) is 5.32 Å². The van der Waals surface area contributed by atoms with E-state index >= 15 is 0 Å². The molecule has 0 aromatic heterocycles. The first-order valence-corrected chi connectivity index (χ1v) is 11.3. The second kappa shape index (κ2) is 8.73. The van der Waals surface area contributed by atoms with Crippen molar-refractivity contribution in [2.75, 3.05) is 11.0 Å². The summed E-state index contributed by atoms with van der Waals surface area (Å²) in [6, 6.07) is 12.6. The largest absolute Gasteiger partial charge is 0.352 e. The minimum atomic E-state index is -3.54. The monoisotopic (exact) mass is 404 g/mol. The number of benzene rings is 2. The fraction of sp³-hybridized carbons (Fsp3) is 0.381. The zero-order chi connectivity index (χ0) is 20.1. The predicted molar refractivity (Wildman–Crippen MR) is 108 cm³/mol. The van der Waals surface area contributed by atoms with Crippen molar-refractivity contribution in [1.29, 1.82) is 0 Å². The number of hydrogen-bond acceptors (Lipinski definition) is 3. The lowest BCUT2D eigenvalue weighted by Crippen LogP contribution is -2.23. The van der Waals surface area contributed by atoms with Gasteiger partial charge in [-0.25, -0.2) is 12.8 Å². The zero-order valence-corrected chi connectivity index (χ0v) is 16.7. The van der Waals surface area contributed by atoms with E-state index in [-0.39, 0.29) is 18.1 Å². The topological polar surface area (TPSA) is 75.3 Å². The van der Waals surface area contributed by atoms with Crippen LogP contribution in [0.4, 0.5) is 10.1 Å². The normalized spacial score (nSPS) is 13.9. The van der Waals surface area contributed by atoms with Crippen LogP contribution in [0.15, 0.2) is 42.5 Å². The standard InChI is InChI=1S/C21H25FN2O3S/c1-28(26,27)24-20-10-8-18(13-19(20)22)14-23-21(25)11-9-15-2-4-16(5-3-15)12-17-6-7-17/h2-5,8,10,13,17,24H,6-7,9,11-12,14H2,1H3,(H,23,25). The summed E-state index contributed by atoms with van der Waals surface area (Å²) in [5.74, 6) is 0.0713. The van der Waals surface area contributed by atoms with E-state index in [0.717, 1.165) is 24.2 Å². The second-order valence-electron chi connectivity index (χ2n) is 7.43. The van der Waals surface area contributed by atoms with E-state index in [2.05, 4.69) is 34.3 Å². The number of rotatable bonds is 9. The lowest BCUT2D eigenvalue weighted by Gasteiger charge is -2.09. The van der Waals surface area contributed by atoms with Crippen LogP contribution in [0, 0.1) is 11.7 Å². The maximum absolute atomic E-state index is 14.0. The summed E-state index contributed by atoms with van der Waals surface area (Å²) in [5.41, 5.74) is 2.93. The molecule has 1 saturated carbocycles. The molecule has 0 radical (unpaired) electrons. The molecule has 1 fully saturated rings. The molecule has 0 atom stereocenters. The molecule has 1 aliphatic carbocycles. The van der Waals surface area contributed by atoms with E-state index in [1.165, 1.54) is 30.5 Å². The van der Waals surface area contributed by atoms with Gasteiger partial charge < -0.3 is 5.32 Å². The van der Waals surface area contributed by atoms with Gasteiger partial charge in [0.05, 0.1) is 11.9 Å². The molecule has 0 heterocycles. The van der Waals surface area contributed by atoms with E-state index in [4.69, 9.17) is 0 Å². The Balaban J connectivity index is 1.44. The lowest BCUT2D eigenvalue weighted by atomic mass is 10.0. The summed E-state index contributed by atoms with van der Waals surface area (Å²) in [6.45, 7) is 0.190.